The van der Waals surface area contributed by atoms with Crippen molar-refractivity contribution in [1.82, 2.24) is 10.2 Å². The molecular weight excluding hydrogens is 304 g/mol. The van der Waals surface area contributed by atoms with E-state index in [1.165, 1.54) is 0 Å². The fraction of sp³-hybridized carbons (Fsp3) is 0.500. The van der Waals surface area contributed by atoms with E-state index in [1.54, 1.807) is 18.1 Å². The highest BCUT2D eigenvalue weighted by Gasteiger charge is 2.46. The molecule has 2 amide bonds. The van der Waals surface area contributed by atoms with Crippen molar-refractivity contribution >= 4 is 23.4 Å². The quantitative estimate of drug-likeness (QED) is 0.814. The Labute approximate surface area is 135 Å². The number of benzene rings is 1. The minimum absolute atomic E-state index is 0.00985. The topological polar surface area (TPSA) is 58.6 Å². The van der Waals surface area contributed by atoms with E-state index in [2.05, 4.69) is 5.32 Å². The first kappa shape index (κ1) is 16.8. The van der Waals surface area contributed by atoms with Crippen LogP contribution in [-0.4, -0.2) is 42.5 Å². The number of likely N-dealkylation sites (tertiary alicyclic amines) is 1. The Balaban J connectivity index is 2.12. The molecular formula is C16H21ClN2O3. The lowest BCUT2D eigenvalue weighted by Gasteiger charge is -2.34. The molecule has 1 aromatic rings. The minimum Gasteiger partial charge on any atom is -0.383 e. The van der Waals surface area contributed by atoms with Crippen molar-refractivity contribution in [3.05, 3.63) is 34.9 Å². The number of carbonyl (C=O) groups excluding carboxylic acids is 2. The summed E-state index contributed by atoms with van der Waals surface area (Å²) in [7, 11) is 1.58. The van der Waals surface area contributed by atoms with Gasteiger partial charge >= 0.3 is 0 Å². The summed E-state index contributed by atoms with van der Waals surface area (Å²) in [6, 6.07) is 7.35. The number of carbonyl (C=O) groups is 2. The SMILES string of the molecule is COCCNC(=O)[C@@]1(C)CCC(=O)N1Cc1cccc(Cl)c1. The molecule has 1 heterocycles. The van der Waals surface area contributed by atoms with Crippen LogP contribution in [-0.2, 0) is 20.9 Å². The molecule has 5 nitrogen and oxygen atoms in total. The summed E-state index contributed by atoms with van der Waals surface area (Å²) in [4.78, 5) is 26.3. The first-order chi connectivity index (χ1) is 10.5. The Kier molecular flexibility index (Phi) is 5.42. The third kappa shape index (κ3) is 3.59. The number of nitrogens with one attached hydrogen (secondary N) is 1. The van der Waals surface area contributed by atoms with Gasteiger partial charge in [-0.25, -0.2) is 0 Å². The van der Waals surface area contributed by atoms with Crippen molar-refractivity contribution in [3.8, 4) is 0 Å². The summed E-state index contributed by atoms with van der Waals surface area (Å²) < 4.78 is 4.93. The van der Waals surface area contributed by atoms with E-state index in [9.17, 15) is 9.59 Å². The molecule has 1 N–H and O–H groups in total. The van der Waals surface area contributed by atoms with Crippen LogP contribution in [0.4, 0.5) is 0 Å². The highest BCUT2D eigenvalue weighted by molar-refractivity contribution is 6.30. The number of hydrogen-bond acceptors (Lipinski definition) is 3. The van der Waals surface area contributed by atoms with Gasteiger partial charge in [0.1, 0.15) is 5.54 Å². The molecule has 1 atom stereocenters. The smallest absolute Gasteiger partial charge is 0.245 e. The fourth-order valence-electron chi connectivity index (χ4n) is 2.67. The van der Waals surface area contributed by atoms with Crippen molar-refractivity contribution in [3.63, 3.8) is 0 Å². The second-order valence-electron chi connectivity index (χ2n) is 5.63. The highest BCUT2D eigenvalue weighted by Crippen LogP contribution is 2.32. The normalized spacial score (nSPS) is 21.2. The zero-order valence-electron chi connectivity index (χ0n) is 12.9. The average molecular weight is 325 g/mol. The summed E-state index contributed by atoms with van der Waals surface area (Å²) in [5.41, 5.74) is 0.0892. The number of ether oxygens (including phenoxy) is 1. The number of methoxy groups -OCH3 is 1. The molecule has 22 heavy (non-hydrogen) atoms. The zero-order valence-corrected chi connectivity index (χ0v) is 13.7. The van der Waals surface area contributed by atoms with E-state index >= 15 is 0 Å². The van der Waals surface area contributed by atoms with Crippen LogP contribution in [0.2, 0.25) is 5.02 Å². The van der Waals surface area contributed by atoms with Gasteiger partial charge in [0, 0.05) is 31.6 Å². The second kappa shape index (κ2) is 7.11. The maximum Gasteiger partial charge on any atom is 0.245 e. The summed E-state index contributed by atoms with van der Waals surface area (Å²) in [6.07, 6.45) is 0.903. The Morgan fingerprint density at radius 2 is 2.27 bits per heavy atom. The lowest BCUT2D eigenvalue weighted by Crippen LogP contribution is -2.54. The third-order valence-electron chi connectivity index (χ3n) is 4.03. The van der Waals surface area contributed by atoms with Crippen LogP contribution >= 0.6 is 11.6 Å². The van der Waals surface area contributed by atoms with Gasteiger partial charge in [-0.15, -0.1) is 0 Å². The fourth-order valence-corrected chi connectivity index (χ4v) is 2.88. The van der Waals surface area contributed by atoms with Gasteiger partial charge in [0.05, 0.1) is 6.61 Å². The monoisotopic (exact) mass is 324 g/mol. The van der Waals surface area contributed by atoms with Gasteiger partial charge in [-0.05, 0) is 31.0 Å². The van der Waals surface area contributed by atoms with Gasteiger partial charge in [0.15, 0.2) is 0 Å². The van der Waals surface area contributed by atoms with Crippen LogP contribution < -0.4 is 5.32 Å². The lowest BCUT2D eigenvalue weighted by atomic mass is 9.97. The molecule has 0 aliphatic carbocycles. The van der Waals surface area contributed by atoms with Crippen molar-refractivity contribution in [1.29, 1.82) is 0 Å². The molecule has 6 heteroatoms. The standard InChI is InChI=1S/C16H21ClN2O3/c1-16(15(21)18-8-9-22-2)7-6-14(20)19(16)11-12-4-3-5-13(17)10-12/h3-5,10H,6-9,11H2,1-2H3,(H,18,21)/t16-/m1/s1. The molecule has 1 fully saturated rings. The minimum atomic E-state index is -0.826. The number of rotatable bonds is 6. The molecule has 1 aliphatic rings. The predicted molar refractivity (Wildman–Crippen MR) is 84.5 cm³/mol. The molecule has 120 valence electrons. The highest BCUT2D eigenvalue weighted by atomic mass is 35.5. The molecule has 2 rings (SSSR count). The number of halogens is 1. The van der Waals surface area contributed by atoms with E-state index < -0.39 is 5.54 Å². The van der Waals surface area contributed by atoms with Crippen LogP contribution in [0.25, 0.3) is 0 Å². The number of hydrogen-bond donors (Lipinski definition) is 1. The van der Waals surface area contributed by atoms with Crippen molar-refractivity contribution in [2.75, 3.05) is 20.3 Å². The Bertz CT molecular complexity index is 564. The van der Waals surface area contributed by atoms with Gasteiger partial charge in [0.25, 0.3) is 0 Å². The molecule has 0 spiro atoms. The van der Waals surface area contributed by atoms with Crippen LogP contribution in [0.5, 0.6) is 0 Å². The summed E-state index contributed by atoms with van der Waals surface area (Å²) in [5, 5.41) is 3.45. The first-order valence-corrected chi connectivity index (χ1v) is 7.67. The molecule has 0 radical (unpaired) electrons. The molecule has 0 saturated carbocycles. The van der Waals surface area contributed by atoms with E-state index in [-0.39, 0.29) is 11.8 Å². The van der Waals surface area contributed by atoms with Crippen LogP contribution in [0.15, 0.2) is 24.3 Å². The third-order valence-corrected chi connectivity index (χ3v) is 4.27. The van der Waals surface area contributed by atoms with Gasteiger partial charge in [-0.3, -0.25) is 9.59 Å². The van der Waals surface area contributed by atoms with E-state index in [4.69, 9.17) is 16.3 Å². The first-order valence-electron chi connectivity index (χ1n) is 7.29. The molecule has 0 unspecified atom stereocenters. The van der Waals surface area contributed by atoms with Crippen LogP contribution in [0.3, 0.4) is 0 Å². The molecule has 1 aliphatic heterocycles. The van der Waals surface area contributed by atoms with Crippen molar-refractivity contribution in [2.24, 2.45) is 0 Å². The molecule has 0 bridgehead atoms. The largest absolute Gasteiger partial charge is 0.383 e. The van der Waals surface area contributed by atoms with Crippen molar-refractivity contribution < 1.29 is 14.3 Å². The predicted octanol–water partition coefficient (Wildman–Crippen LogP) is 1.98. The molecule has 1 aromatic carbocycles. The maximum atomic E-state index is 12.5. The van der Waals surface area contributed by atoms with Gasteiger partial charge < -0.3 is 15.0 Å². The number of nitrogens with zero attached hydrogens (tertiary/aromatic N) is 1. The summed E-state index contributed by atoms with van der Waals surface area (Å²) in [5.74, 6) is -0.151. The van der Waals surface area contributed by atoms with Crippen LogP contribution in [0.1, 0.15) is 25.3 Å². The summed E-state index contributed by atoms with van der Waals surface area (Å²) >= 11 is 5.99. The zero-order chi connectivity index (χ0) is 16.2. The van der Waals surface area contributed by atoms with E-state index in [0.717, 1.165) is 5.56 Å². The number of amides is 2. The summed E-state index contributed by atoms with van der Waals surface area (Å²) in [6.45, 7) is 3.08. The Hall–Kier alpha value is -1.59. The lowest BCUT2D eigenvalue weighted by molar-refractivity contribution is -0.141. The second-order valence-corrected chi connectivity index (χ2v) is 6.07. The van der Waals surface area contributed by atoms with Gasteiger partial charge in [-0.2, -0.15) is 0 Å². The maximum absolute atomic E-state index is 12.5. The van der Waals surface area contributed by atoms with E-state index in [0.29, 0.717) is 37.6 Å². The van der Waals surface area contributed by atoms with Gasteiger partial charge in [-0.1, -0.05) is 23.7 Å². The Morgan fingerprint density at radius 1 is 1.50 bits per heavy atom. The van der Waals surface area contributed by atoms with Crippen molar-refractivity contribution in [2.45, 2.75) is 31.8 Å². The van der Waals surface area contributed by atoms with Gasteiger partial charge in [0.2, 0.25) is 11.8 Å². The molecule has 1 saturated heterocycles. The average Bonchev–Trinajstić information content (AvgIpc) is 2.77. The Morgan fingerprint density at radius 3 is 2.95 bits per heavy atom. The van der Waals surface area contributed by atoms with Crippen LogP contribution in [0, 0.1) is 0 Å². The molecule has 0 aromatic heterocycles. The van der Waals surface area contributed by atoms with E-state index in [1.807, 2.05) is 25.1 Å².